The van der Waals surface area contributed by atoms with Gasteiger partial charge < -0.3 is 14.5 Å². The first kappa shape index (κ1) is 20.7. The van der Waals surface area contributed by atoms with Gasteiger partial charge in [0.15, 0.2) is 6.61 Å². The SMILES string of the molecule is Cc1oc(C)c(C(=O)OCC(=O)Nc2cccc(S(=O)(=O)N(C)C)c2)c1C. The molecule has 0 spiro atoms. The zero-order valence-electron chi connectivity index (χ0n) is 15.8. The summed E-state index contributed by atoms with van der Waals surface area (Å²) in [5.74, 6) is -0.195. The van der Waals surface area contributed by atoms with E-state index in [0.29, 0.717) is 22.6 Å². The number of esters is 1. The van der Waals surface area contributed by atoms with Gasteiger partial charge >= 0.3 is 5.97 Å². The van der Waals surface area contributed by atoms with Crippen LogP contribution in [0.25, 0.3) is 0 Å². The summed E-state index contributed by atoms with van der Waals surface area (Å²) in [6.07, 6.45) is 0. The average molecular weight is 394 g/mol. The zero-order valence-corrected chi connectivity index (χ0v) is 16.6. The van der Waals surface area contributed by atoms with Gasteiger partial charge in [-0.25, -0.2) is 17.5 Å². The highest BCUT2D eigenvalue weighted by Crippen LogP contribution is 2.21. The number of carbonyl (C=O) groups is 2. The lowest BCUT2D eigenvalue weighted by molar-refractivity contribution is -0.119. The van der Waals surface area contributed by atoms with Gasteiger partial charge in [0, 0.05) is 25.3 Å². The molecule has 146 valence electrons. The van der Waals surface area contributed by atoms with E-state index in [2.05, 4.69) is 5.32 Å². The average Bonchev–Trinajstić information content (AvgIpc) is 2.85. The molecule has 0 aliphatic rings. The molecule has 0 unspecified atom stereocenters. The van der Waals surface area contributed by atoms with Crippen LogP contribution in [0.3, 0.4) is 0 Å². The lowest BCUT2D eigenvalue weighted by Gasteiger charge is -2.12. The molecule has 2 aromatic rings. The highest BCUT2D eigenvalue weighted by atomic mass is 32.2. The van der Waals surface area contributed by atoms with Gasteiger partial charge in [-0.3, -0.25) is 4.79 Å². The molecule has 0 bridgehead atoms. The molecule has 0 fully saturated rings. The molecule has 0 saturated heterocycles. The Balaban J connectivity index is 2.03. The normalized spacial score (nSPS) is 11.5. The summed E-state index contributed by atoms with van der Waals surface area (Å²) in [4.78, 5) is 24.3. The highest BCUT2D eigenvalue weighted by molar-refractivity contribution is 7.89. The van der Waals surface area contributed by atoms with Gasteiger partial charge in [0.2, 0.25) is 10.0 Å². The quantitative estimate of drug-likeness (QED) is 0.753. The Labute approximate surface area is 158 Å². The van der Waals surface area contributed by atoms with Gasteiger partial charge in [-0.15, -0.1) is 0 Å². The number of ether oxygens (including phenoxy) is 1. The van der Waals surface area contributed by atoms with Gasteiger partial charge in [0.25, 0.3) is 5.91 Å². The number of nitrogens with one attached hydrogen (secondary N) is 1. The second kappa shape index (κ2) is 7.93. The molecule has 27 heavy (non-hydrogen) atoms. The maximum Gasteiger partial charge on any atom is 0.342 e. The Morgan fingerprint density at radius 2 is 1.81 bits per heavy atom. The number of hydrogen-bond donors (Lipinski definition) is 1. The van der Waals surface area contributed by atoms with Gasteiger partial charge in [0.05, 0.1) is 4.90 Å². The summed E-state index contributed by atoms with van der Waals surface area (Å²) in [6.45, 7) is 4.61. The first-order valence-corrected chi connectivity index (χ1v) is 9.54. The molecule has 1 heterocycles. The number of anilines is 1. The van der Waals surface area contributed by atoms with Crippen LogP contribution in [0.5, 0.6) is 0 Å². The third-order valence-corrected chi connectivity index (χ3v) is 5.81. The minimum atomic E-state index is -3.62. The summed E-state index contributed by atoms with van der Waals surface area (Å²) >= 11 is 0. The van der Waals surface area contributed by atoms with Crippen LogP contribution >= 0.6 is 0 Å². The number of aryl methyl sites for hydroxylation is 2. The van der Waals surface area contributed by atoms with Crippen LogP contribution in [0.4, 0.5) is 5.69 Å². The Bertz CT molecular complexity index is 976. The molecular weight excluding hydrogens is 372 g/mol. The summed E-state index contributed by atoms with van der Waals surface area (Å²) in [7, 11) is -0.781. The van der Waals surface area contributed by atoms with Crippen molar-refractivity contribution in [3.63, 3.8) is 0 Å². The van der Waals surface area contributed by atoms with E-state index < -0.39 is 28.5 Å². The predicted molar refractivity (Wildman–Crippen MR) is 99.1 cm³/mol. The molecule has 9 heteroatoms. The maximum absolute atomic E-state index is 12.2. The van der Waals surface area contributed by atoms with Crippen molar-refractivity contribution in [2.45, 2.75) is 25.7 Å². The van der Waals surface area contributed by atoms with Crippen molar-refractivity contribution in [3.8, 4) is 0 Å². The van der Waals surface area contributed by atoms with Crippen LogP contribution in [-0.2, 0) is 19.6 Å². The third-order valence-electron chi connectivity index (χ3n) is 4.00. The smallest absolute Gasteiger partial charge is 0.342 e. The fourth-order valence-electron chi connectivity index (χ4n) is 2.44. The summed E-state index contributed by atoms with van der Waals surface area (Å²) in [5, 5.41) is 2.51. The van der Waals surface area contributed by atoms with Gasteiger partial charge in [-0.2, -0.15) is 0 Å². The molecule has 2 rings (SSSR count). The second-order valence-electron chi connectivity index (χ2n) is 6.15. The van der Waals surface area contributed by atoms with E-state index in [9.17, 15) is 18.0 Å². The third kappa shape index (κ3) is 4.55. The highest BCUT2D eigenvalue weighted by Gasteiger charge is 2.21. The van der Waals surface area contributed by atoms with Crippen LogP contribution in [-0.4, -0.2) is 45.3 Å². The topological polar surface area (TPSA) is 106 Å². The molecule has 0 saturated carbocycles. The van der Waals surface area contributed by atoms with Crippen LogP contribution in [0, 0.1) is 20.8 Å². The molecule has 0 aliphatic carbocycles. The molecule has 0 atom stereocenters. The minimum absolute atomic E-state index is 0.0439. The predicted octanol–water partition coefficient (Wildman–Crippen LogP) is 2.25. The van der Waals surface area contributed by atoms with Crippen molar-refractivity contribution in [2.75, 3.05) is 26.0 Å². The van der Waals surface area contributed by atoms with E-state index in [1.165, 1.54) is 32.3 Å². The lowest BCUT2D eigenvalue weighted by Crippen LogP contribution is -2.23. The monoisotopic (exact) mass is 394 g/mol. The van der Waals surface area contributed by atoms with Crippen molar-refractivity contribution < 1.29 is 27.2 Å². The zero-order chi connectivity index (χ0) is 20.4. The molecule has 0 aliphatic heterocycles. The molecule has 8 nitrogen and oxygen atoms in total. The molecule has 1 amide bonds. The van der Waals surface area contributed by atoms with Gasteiger partial charge in [0.1, 0.15) is 17.1 Å². The number of sulfonamides is 1. The first-order valence-electron chi connectivity index (χ1n) is 8.10. The Kier molecular flexibility index (Phi) is 6.07. The second-order valence-corrected chi connectivity index (χ2v) is 8.31. The van der Waals surface area contributed by atoms with E-state index >= 15 is 0 Å². The number of carbonyl (C=O) groups excluding carboxylic acids is 2. The van der Waals surface area contributed by atoms with Gasteiger partial charge in [-0.05, 0) is 39.0 Å². The number of benzene rings is 1. The Morgan fingerprint density at radius 3 is 2.37 bits per heavy atom. The Hall–Kier alpha value is -2.65. The van der Waals surface area contributed by atoms with E-state index in [-0.39, 0.29) is 10.6 Å². The lowest BCUT2D eigenvalue weighted by atomic mass is 10.1. The molecular formula is C18H22N2O6S. The first-order chi connectivity index (χ1) is 12.5. The molecule has 1 aromatic carbocycles. The van der Waals surface area contributed by atoms with Crippen molar-refractivity contribution in [3.05, 3.63) is 46.9 Å². The molecule has 1 N–H and O–H groups in total. The van der Waals surface area contributed by atoms with E-state index in [1.807, 2.05) is 0 Å². The molecule has 0 radical (unpaired) electrons. The number of furan rings is 1. The van der Waals surface area contributed by atoms with Crippen molar-refractivity contribution >= 4 is 27.6 Å². The summed E-state index contributed by atoms with van der Waals surface area (Å²) in [6, 6.07) is 5.82. The summed E-state index contributed by atoms with van der Waals surface area (Å²) < 4.78 is 35.8. The van der Waals surface area contributed by atoms with E-state index in [4.69, 9.17) is 9.15 Å². The van der Waals surface area contributed by atoms with Crippen molar-refractivity contribution in [2.24, 2.45) is 0 Å². The van der Waals surface area contributed by atoms with Crippen LogP contribution in [0.15, 0.2) is 33.6 Å². The van der Waals surface area contributed by atoms with Crippen molar-refractivity contribution in [1.29, 1.82) is 0 Å². The number of rotatable bonds is 6. The number of nitrogens with zero attached hydrogens (tertiary/aromatic N) is 1. The minimum Gasteiger partial charge on any atom is -0.465 e. The van der Waals surface area contributed by atoms with Gasteiger partial charge in [-0.1, -0.05) is 6.07 Å². The van der Waals surface area contributed by atoms with Crippen LogP contribution in [0.1, 0.15) is 27.4 Å². The largest absolute Gasteiger partial charge is 0.465 e. The Morgan fingerprint density at radius 1 is 1.15 bits per heavy atom. The van der Waals surface area contributed by atoms with Crippen LogP contribution in [0.2, 0.25) is 0 Å². The van der Waals surface area contributed by atoms with Crippen LogP contribution < -0.4 is 5.32 Å². The van der Waals surface area contributed by atoms with E-state index in [1.54, 1.807) is 26.8 Å². The fourth-order valence-corrected chi connectivity index (χ4v) is 3.39. The summed E-state index contributed by atoms with van der Waals surface area (Å²) in [5.41, 5.74) is 1.25. The van der Waals surface area contributed by atoms with E-state index in [0.717, 1.165) is 4.31 Å². The molecule has 1 aromatic heterocycles. The standard InChI is InChI=1S/C18H22N2O6S/c1-11-12(2)26-13(3)17(11)18(22)25-10-16(21)19-14-7-6-8-15(9-14)27(23,24)20(4)5/h6-9H,10H2,1-5H3,(H,19,21). The maximum atomic E-state index is 12.2. The fraction of sp³-hybridized carbons (Fsp3) is 0.333. The number of amides is 1. The number of hydrogen-bond acceptors (Lipinski definition) is 6. The van der Waals surface area contributed by atoms with Crippen molar-refractivity contribution in [1.82, 2.24) is 4.31 Å².